The fourth-order valence-corrected chi connectivity index (χ4v) is 4.27. The van der Waals surface area contributed by atoms with E-state index in [1.54, 1.807) is 0 Å². The summed E-state index contributed by atoms with van der Waals surface area (Å²) < 4.78 is 0. The number of ketones is 1. The van der Waals surface area contributed by atoms with Crippen molar-refractivity contribution in [2.75, 3.05) is 5.75 Å². The highest BCUT2D eigenvalue weighted by Crippen LogP contribution is 2.24. The average molecular weight is 410 g/mol. The number of hydrogen-bond acceptors (Lipinski definition) is 4. The molecule has 1 aromatic heterocycles. The third-order valence-corrected chi connectivity index (χ3v) is 6.10. The first-order valence-corrected chi connectivity index (χ1v) is 10.9. The van der Waals surface area contributed by atoms with Gasteiger partial charge in [-0.3, -0.25) is 14.7 Å². The number of hydrogen-bond donors (Lipinski definition) is 2. The number of thioether (sulfide) groups is 1. The van der Waals surface area contributed by atoms with Crippen molar-refractivity contribution in [2.24, 2.45) is 0 Å². The number of benzene rings is 1. The standard InChI is InChI=1S/C23H27N3O2S/c1-4-20-21(13-24-22(28)17-7-5-6-8-17)25-26-23(20)29-14-19(27)12-18-11-15(2)9-10-16(18)3/h5-7,9-11H,4,8,12-14H2,1-3H3,(H,24,28)(H,25,26). The minimum absolute atomic E-state index is 0.0513. The molecule has 0 fully saturated rings. The van der Waals surface area contributed by atoms with Crippen LogP contribution >= 0.6 is 11.8 Å². The van der Waals surface area contributed by atoms with Crippen LogP contribution in [0.2, 0.25) is 0 Å². The molecule has 0 saturated carbocycles. The number of Topliss-reactive ketones (excluding diaryl/α,β-unsaturated/α-hetero) is 1. The summed E-state index contributed by atoms with van der Waals surface area (Å²) in [5, 5.41) is 11.2. The van der Waals surface area contributed by atoms with Crippen LogP contribution in [0.4, 0.5) is 0 Å². The van der Waals surface area contributed by atoms with Crippen LogP contribution in [0.5, 0.6) is 0 Å². The van der Waals surface area contributed by atoms with E-state index in [4.69, 9.17) is 0 Å². The smallest absolute Gasteiger partial charge is 0.247 e. The van der Waals surface area contributed by atoms with Crippen LogP contribution in [0, 0.1) is 13.8 Å². The molecule has 6 heteroatoms. The van der Waals surface area contributed by atoms with Crippen molar-refractivity contribution >= 4 is 23.5 Å². The topological polar surface area (TPSA) is 74.8 Å². The maximum absolute atomic E-state index is 12.5. The van der Waals surface area contributed by atoms with Gasteiger partial charge in [0, 0.05) is 17.6 Å². The molecular weight excluding hydrogens is 382 g/mol. The summed E-state index contributed by atoms with van der Waals surface area (Å²) in [5.41, 5.74) is 6.14. The fraction of sp³-hybridized carbons (Fsp3) is 0.348. The highest BCUT2D eigenvalue weighted by molar-refractivity contribution is 8.00. The van der Waals surface area contributed by atoms with E-state index in [1.165, 1.54) is 17.3 Å². The molecule has 2 aromatic rings. The Balaban J connectivity index is 1.56. The lowest BCUT2D eigenvalue weighted by atomic mass is 10.0. The van der Waals surface area contributed by atoms with Crippen LogP contribution < -0.4 is 5.32 Å². The molecule has 1 heterocycles. The van der Waals surface area contributed by atoms with Gasteiger partial charge in [0.1, 0.15) is 10.8 Å². The van der Waals surface area contributed by atoms with Crippen LogP contribution in [0.1, 0.15) is 41.3 Å². The number of aryl methyl sites for hydroxylation is 2. The number of rotatable bonds is 9. The zero-order chi connectivity index (χ0) is 20.8. The molecule has 2 N–H and O–H groups in total. The molecule has 5 nitrogen and oxygen atoms in total. The molecule has 1 aliphatic carbocycles. The molecule has 3 rings (SSSR count). The van der Waals surface area contributed by atoms with Crippen LogP contribution in [0.15, 0.2) is 47.0 Å². The number of nitrogens with zero attached hydrogens (tertiary/aromatic N) is 1. The van der Waals surface area contributed by atoms with Gasteiger partial charge in [0.05, 0.1) is 18.0 Å². The predicted octanol–water partition coefficient (Wildman–Crippen LogP) is 4.00. The van der Waals surface area contributed by atoms with E-state index in [-0.39, 0.29) is 11.7 Å². The maximum atomic E-state index is 12.5. The van der Waals surface area contributed by atoms with Crippen molar-refractivity contribution in [2.45, 2.75) is 51.6 Å². The molecule has 0 spiro atoms. The predicted molar refractivity (Wildman–Crippen MR) is 117 cm³/mol. The number of amides is 1. The molecule has 0 atom stereocenters. The number of aromatic amines is 1. The van der Waals surface area contributed by atoms with E-state index in [0.29, 0.717) is 25.1 Å². The SMILES string of the molecule is CCc1c(SCC(=O)Cc2cc(C)ccc2C)n[nH]c1CNC(=O)C1=CC=CC1. The van der Waals surface area contributed by atoms with Crippen LogP contribution in [0.3, 0.4) is 0 Å². The van der Waals surface area contributed by atoms with E-state index in [2.05, 4.69) is 40.6 Å². The Morgan fingerprint density at radius 1 is 1.28 bits per heavy atom. The lowest BCUT2D eigenvalue weighted by molar-refractivity contribution is -0.118. The molecule has 0 radical (unpaired) electrons. The van der Waals surface area contributed by atoms with Crippen molar-refractivity contribution in [3.05, 3.63) is 69.9 Å². The molecular formula is C23H27N3O2S. The van der Waals surface area contributed by atoms with Crippen LogP contribution in [-0.4, -0.2) is 27.6 Å². The second-order valence-electron chi connectivity index (χ2n) is 7.28. The molecule has 0 saturated heterocycles. The maximum Gasteiger partial charge on any atom is 0.247 e. The fourth-order valence-electron chi connectivity index (χ4n) is 3.31. The lowest BCUT2D eigenvalue weighted by Gasteiger charge is -2.07. The number of allylic oxidation sites excluding steroid dienone is 3. The van der Waals surface area contributed by atoms with Gasteiger partial charge in [0.2, 0.25) is 5.91 Å². The molecule has 152 valence electrons. The molecule has 0 bridgehead atoms. The van der Waals surface area contributed by atoms with E-state index in [1.807, 2.05) is 32.1 Å². The lowest BCUT2D eigenvalue weighted by Crippen LogP contribution is -2.24. The summed E-state index contributed by atoms with van der Waals surface area (Å²) in [6.45, 7) is 6.54. The highest BCUT2D eigenvalue weighted by atomic mass is 32.2. The summed E-state index contributed by atoms with van der Waals surface area (Å²) in [6, 6.07) is 6.21. The van der Waals surface area contributed by atoms with E-state index in [9.17, 15) is 9.59 Å². The van der Waals surface area contributed by atoms with E-state index >= 15 is 0 Å². The minimum Gasteiger partial charge on any atom is -0.347 e. The van der Waals surface area contributed by atoms with Crippen LogP contribution in [0.25, 0.3) is 0 Å². The van der Waals surface area contributed by atoms with Gasteiger partial charge >= 0.3 is 0 Å². The first kappa shape index (κ1) is 21.1. The van der Waals surface area contributed by atoms with Gasteiger partial charge in [0.15, 0.2) is 0 Å². The summed E-state index contributed by atoms with van der Waals surface area (Å²) in [5.74, 6) is 0.518. The Kier molecular flexibility index (Phi) is 7.09. The van der Waals surface area contributed by atoms with Gasteiger partial charge in [0.25, 0.3) is 0 Å². The van der Waals surface area contributed by atoms with Gasteiger partial charge < -0.3 is 5.32 Å². The van der Waals surface area contributed by atoms with Gasteiger partial charge in [-0.25, -0.2) is 0 Å². The van der Waals surface area contributed by atoms with Gasteiger partial charge in [-0.1, -0.05) is 60.7 Å². The summed E-state index contributed by atoms with van der Waals surface area (Å²) in [6.07, 6.45) is 7.61. The monoisotopic (exact) mass is 409 g/mol. The zero-order valence-corrected chi connectivity index (χ0v) is 18.0. The number of carbonyl (C=O) groups excluding carboxylic acids is 2. The first-order chi connectivity index (χ1) is 14.0. The third-order valence-electron chi connectivity index (χ3n) is 5.02. The number of carbonyl (C=O) groups is 2. The van der Waals surface area contributed by atoms with Gasteiger partial charge in [-0.15, -0.1) is 0 Å². The van der Waals surface area contributed by atoms with Crippen molar-refractivity contribution in [1.29, 1.82) is 0 Å². The summed E-state index contributed by atoms with van der Waals surface area (Å²) in [4.78, 5) is 24.7. The second kappa shape index (κ2) is 9.74. The summed E-state index contributed by atoms with van der Waals surface area (Å²) >= 11 is 1.46. The summed E-state index contributed by atoms with van der Waals surface area (Å²) in [7, 11) is 0. The largest absolute Gasteiger partial charge is 0.347 e. The van der Waals surface area contributed by atoms with Crippen molar-refractivity contribution in [3.63, 3.8) is 0 Å². The average Bonchev–Trinajstić information content (AvgIpc) is 3.37. The Morgan fingerprint density at radius 3 is 2.83 bits per heavy atom. The molecule has 1 aliphatic rings. The third kappa shape index (κ3) is 5.48. The number of aromatic nitrogens is 2. The van der Waals surface area contributed by atoms with Crippen molar-refractivity contribution in [1.82, 2.24) is 15.5 Å². The first-order valence-electron chi connectivity index (χ1n) is 9.88. The quantitative estimate of drug-likeness (QED) is 0.614. The second-order valence-corrected chi connectivity index (χ2v) is 8.24. The van der Waals surface area contributed by atoms with Crippen LogP contribution in [-0.2, 0) is 29.0 Å². The Labute approximate surface area is 176 Å². The van der Waals surface area contributed by atoms with E-state index in [0.717, 1.165) is 39.4 Å². The normalized spacial score (nSPS) is 12.9. The molecule has 0 unspecified atom stereocenters. The Hall–Kier alpha value is -2.60. The molecule has 1 amide bonds. The number of nitrogens with one attached hydrogen (secondary N) is 2. The van der Waals surface area contributed by atoms with Gasteiger partial charge in [-0.05, 0) is 37.8 Å². The van der Waals surface area contributed by atoms with E-state index < -0.39 is 0 Å². The van der Waals surface area contributed by atoms with Gasteiger partial charge in [-0.2, -0.15) is 5.10 Å². The molecule has 1 aromatic carbocycles. The minimum atomic E-state index is -0.0513. The molecule has 0 aliphatic heterocycles. The van der Waals surface area contributed by atoms with Crippen molar-refractivity contribution in [3.8, 4) is 0 Å². The highest BCUT2D eigenvalue weighted by Gasteiger charge is 2.16. The Bertz CT molecular complexity index is 972. The van der Waals surface area contributed by atoms with Crippen molar-refractivity contribution < 1.29 is 9.59 Å². The Morgan fingerprint density at radius 2 is 2.10 bits per heavy atom. The molecule has 29 heavy (non-hydrogen) atoms. The zero-order valence-electron chi connectivity index (χ0n) is 17.2. The number of H-pyrrole nitrogens is 1.